The van der Waals surface area contributed by atoms with Crippen LogP contribution in [0.5, 0.6) is 5.75 Å². The minimum Gasteiger partial charge on any atom is -0.496 e. The molecule has 4 rings (SSSR count). The van der Waals surface area contributed by atoms with Crippen molar-refractivity contribution >= 4 is 11.9 Å². The molecule has 1 heterocycles. The number of carboxylic acids is 1. The molecule has 0 radical (unpaired) electrons. The van der Waals surface area contributed by atoms with Crippen LogP contribution in [0.1, 0.15) is 30.9 Å². The van der Waals surface area contributed by atoms with Gasteiger partial charge >= 0.3 is 5.97 Å². The maximum absolute atomic E-state index is 13.4. The summed E-state index contributed by atoms with van der Waals surface area (Å²) in [5.74, 6) is -0.474. The van der Waals surface area contributed by atoms with Crippen molar-refractivity contribution < 1.29 is 23.8 Å². The molecular formula is C27H27FN2O4. The van der Waals surface area contributed by atoms with Gasteiger partial charge in [-0.2, -0.15) is 0 Å². The molecule has 0 spiro atoms. The highest BCUT2D eigenvalue weighted by Crippen LogP contribution is 2.37. The zero-order valence-corrected chi connectivity index (χ0v) is 19.3. The molecule has 7 heteroatoms. The molecule has 0 aliphatic heterocycles. The van der Waals surface area contributed by atoms with Crippen LogP contribution in [0.4, 0.5) is 4.39 Å². The molecule has 176 valence electrons. The molecule has 0 unspecified atom stereocenters. The Kier molecular flexibility index (Phi) is 6.91. The highest BCUT2D eigenvalue weighted by Gasteiger charge is 2.33. The van der Waals surface area contributed by atoms with E-state index in [0.717, 1.165) is 35.1 Å². The number of carboxylic acid groups (broad SMARTS) is 1. The van der Waals surface area contributed by atoms with Crippen LogP contribution in [0.15, 0.2) is 54.7 Å². The van der Waals surface area contributed by atoms with E-state index in [-0.39, 0.29) is 18.2 Å². The van der Waals surface area contributed by atoms with Gasteiger partial charge in [0.1, 0.15) is 11.6 Å². The number of benzene rings is 2. The molecular weight excluding hydrogens is 435 g/mol. The fraction of sp³-hybridized carbons (Fsp3) is 0.296. The van der Waals surface area contributed by atoms with Crippen LogP contribution in [0.2, 0.25) is 0 Å². The highest BCUT2D eigenvalue weighted by molar-refractivity contribution is 5.82. The Hall–Kier alpha value is -3.74. The molecule has 3 aromatic rings. The van der Waals surface area contributed by atoms with E-state index < -0.39 is 11.8 Å². The highest BCUT2D eigenvalue weighted by atomic mass is 19.1. The van der Waals surface area contributed by atoms with E-state index >= 15 is 0 Å². The second kappa shape index (κ2) is 10.0. The number of hydrogen-bond acceptors (Lipinski definition) is 4. The van der Waals surface area contributed by atoms with Gasteiger partial charge in [-0.25, -0.2) is 4.39 Å². The summed E-state index contributed by atoms with van der Waals surface area (Å²) in [6.07, 6.45) is 2.92. The molecule has 1 aliphatic rings. The third-order valence-electron chi connectivity index (χ3n) is 6.02. The van der Waals surface area contributed by atoms with Crippen molar-refractivity contribution in [2.24, 2.45) is 5.92 Å². The molecule has 0 atom stereocenters. The third kappa shape index (κ3) is 5.25. The first-order valence-electron chi connectivity index (χ1n) is 11.3. The van der Waals surface area contributed by atoms with Crippen LogP contribution in [0.3, 0.4) is 0 Å². The van der Waals surface area contributed by atoms with Crippen molar-refractivity contribution in [1.29, 1.82) is 0 Å². The quantitative estimate of drug-likeness (QED) is 0.487. The molecule has 0 saturated heterocycles. The lowest BCUT2D eigenvalue weighted by atomic mass is 9.93. The SMILES string of the molecule is CCN(Cc1cc(-c2ccc(F)cn2)ccc1-c1cc(CC(=O)O)ccc1OC)C(=O)C1CC1. The molecule has 6 nitrogen and oxygen atoms in total. The molecule has 1 N–H and O–H groups in total. The summed E-state index contributed by atoms with van der Waals surface area (Å²) >= 11 is 0. The number of aromatic nitrogens is 1. The average molecular weight is 463 g/mol. The number of hydrogen-bond donors (Lipinski definition) is 1. The second-order valence-electron chi connectivity index (χ2n) is 8.47. The number of methoxy groups -OCH3 is 1. The van der Waals surface area contributed by atoms with Gasteiger partial charge in [0.2, 0.25) is 5.91 Å². The summed E-state index contributed by atoms with van der Waals surface area (Å²) in [4.78, 5) is 30.2. The summed E-state index contributed by atoms with van der Waals surface area (Å²) in [6.45, 7) is 2.92. The van der Waals surface area contributed by atoms with Gasteiger partial charge in [-0.05, 0) is 66.8 Å². The summed E-state index contributed by atoms with van der Waals surface area (Å²) in [5.41, 5.74) is 4.55. The minimum absolute atomic E-state index is 0.0961. The molecule has 1 fully saturated rings. The summed E-state index contributed by atoms with van der Waals surface area (Å²) in [6, 6.07) is 14.1. The number of carbonyl (C=O) groups is 2. The fourth-order valence-corrected chi connectivity index (χ4v) is 4.08. The number of amides is 1. The van der Waals surface area contributed by atoms with E-state index in [9.17, 15) is 19.1 Å². The number of nitrogens with zero attached hydrogens (tertiary/aromatic N) is 2. The maximum atomic E-state index is 13.4. The Morgan fingerprint density at radius 1 is 1.12 bits per heavy atom. The number of halogens is 1. The monoisotopic (exact) mass is 462 g/mol. The Labute approximate surface area is 198 Å². The van der Waals surface area contributed by atoms with Crippen LogP contribution < -0.4 is 4.74 Å². The first-order chi connectivity index (χ1) is 16.4. The molecule has 2 aromatic carbocycles. The van der Waals surface area contributed by atoms with Crippen LogP contribution in [0.25, 0.3) is 22.4 Å². The van der Waals surface area contributed by atoms with Crippen LogP contribution in [-0.4, -0.2) is 40.5 Å². The largest absolute Gasteiger partial charge is 0.496 e. The smallest absolute Gasteiger partial charge is 0.307 e. The van der Waals surface area contributed by atoms with E-state index in [4.69, 9.17) is 4.74 Å². The Balaban J connectivity index is 1.82. The van der Waals surface area contributed by atoms with Gasteiger partial charge in [0, 0.05) is 30.1 Å². The van der Waals surface area contributed by atoms with E-state index in [0.29, 0.717) is 30.1 Å². The van der Waals surface area contributed by atoms with Gasteiger partial charge in [-0.1, -0.05) is 18.2 Å². The first kappa shape index (κ1) is 23.4. The lowest BCUT2D eigenvalue weighted by Gasteiger charge is -2.24. The van der Waals surface area contributed by atoms with Gasteiger partial charge in [0.05, 0.1) is 25.4 Å². The van der Waals surface area contributed by atoms with Crippen molar-refractivity contribution in [2.45, 2.75) is 32.7 Å². The van der Waals surface area contributed by atoms with Gasteiger partial charge in [0.15, 0.2) is 0 Å². The predicted octanol–water partition coefficient (Wildman–Crippen LogP) is 4.95. The van der Waals surface area contributed by atoms with E-state index in [1.807, 2.05) is 36.1 Å². The predicted molar refractivity (Wildman–Crippen MR) is 127 cm³/mol. The number of aliphatic carboxylic acids is 1. The topological polar surface area (TPSA) is 79.7 Å². The van der Waals surface area contributed by atoms with Gasteiger partial charge in [-0.3, -0.25) is 14.6 Å². The molecule has 0 bridgehead atoms. The van der Waals surface area contributed by atoms with E-state index in [2.05, 4.69) is 4.98 Å². The minimum atomic E-state index is -0.915. The van der Waals surface area contributed by atoms with Crippen LogP contribution in [-0.2, 0) is 22.6 Å². The van der Waals surface area contributed by atoms with Crippen molar-refractivity contribution in [2.75, 3.05) is 13.7 Å². The fourth-order valence-electron chi connectivity index (χ4n) is 4.08. The summed E-state index contributed by atoms with van der Waals surface area (Å²) in [7, 11) is 1.57. The second-order valence-corrected chi connectivity index (χ2v) is 8.47. The van der Waals surface area contributed by atoms with E-state index in [1.165, 1.54) is 12.3 Å². The number of pyridine rings is 1. The summed E-state index contributed by atoms with van der Waals surface area (Å²) in [5, 5.41) is 9.25. The number of ether oxygens (including phenoxy) is 1. The number of rotatable bonds is 9. The van der Waals surface area contributed by atoms with Gasteiger partial charge < -0.3 is 14.7 Å². The average Bonchev–Trinajstić information content (AvgIpc) is 3.68. The standard InChI is InChI=1S/C27H27FN2O4/c1-3-30(27(33)18-5-6-18)16-20-14-19(24-10-8-21(28)15-29-24)7-9-22(20)23-12-17(13-26(31)32)4-11-25(23)34-2/h4,7-12,14-15,18H,3,5-6,13,16H2,1-2H3,(H,31,32). The molecule has 1 aromatic heterocycles. The van der Waals surface area contributed by atoms with Crippen molar-refractivity contribution in [3.63, 3.8) is 0 Å². The third-order valence-corrected chi connectivity index (χ3v) is 6.02. The Bertz CT molecular complexity index is 1210. The zero-order chi connectivity index (χ0) is 24.2. The zero-order valence-electron chi connectivity index (χ0n) is 19.3. The number of carbonyl (C=O) groups excluding carboxylic acids is 1. The van der Waals surface area contributed by atoms with Gasteiger partial charge in [-0.15, -0.1) is 0 Å². The molecule has 1 saturated carbocycles. The first-order valence-corrected chi connectivity index (χ1v) is 11.3. The molecule has 34 heavy (non-hydrogen) atoms. The van der Waals surface area contributed by atoms with Gasteiger partial charge in [0.25, 0.3) is 0 Å². The lowest BCUT2D eigenvalue weighted by Crippen LogP contribution is -2.31. The summed E-state index contributed by atoms with van der Waals surface area (Å²) < 4.78 is 19.0. The lowest BCUT2D eigenvalue weighted by molar-refractivity contribution is -0.136. The maximum Gasteiger partial charge on any atom is 0.307 e. The van der Waals surface area contributed by atoms with Crippen molar-refractivity contribution in [3.05, 3.63) is 71.7 Å². The Morgan fingerprint density at radius 2 is 1.91 bits per heavy atom. The van der Waals surface area contributed by atoms with E-state index in [1.54, 1.807) is 25.3 Å². The molecule has 1 aliphatic carbocycles. The van der Waals surface area contributed by atoms with Crippen LogP contribution in [0, 0.1) is 11.7 Å². The molecule has 1 amide bonds. The van der Waals surface area contributed by atoms with Crippen LogP contribution >= 0.6 is 0 Å². The Morgan fingerprint density at radius 3 is 2.53 bits per heavy atom. The normalized spacial score (nSPS) is 12.9. The van der Waals surface area contributed by atoms with Crippen molar-refractivity contribution in [1.82, 2.24) is 9.88 Å². The van der Waals surface area contributed by atoms with Crippen molar-refractivity contribution in [3.8, 4) is 28.1 Å².